The van der Waals surface area contributed by atoms with Crippen LogP contribution in [0.1, 0.15) is 85.5 Å². The Balaban J connectivity index is 1.22. The highest BCUT2D eigenvalue weighted by Crippen LogP contribution is 2.69. The molecule has 230 valence electrons. The lowest BCUT2D eigenvalue weighted by Crippen LogP contribution is -2.62. The number of hydrogen-bond donors (Lipinski definition) is 2. The minimum absolute atomic E-state index is 0.0237. The second-order valence-electron chi connectivity index (χ2n) is 14.3. The number of sulfone groups is 1. The molecular weight excluding hydrogens is 560 g/mol. The van der Waals surface area contributed by atoms with Gasteiger partial charge in [0.15, 0.2) is 15.6 Å². The first kappa shape index (κ1) is 31.3. The smallest absolute Gasteiger partial charge is 0.321 e. The summed E-state index contributed by atoms with van der Waals surface area (Å²) >= 11 is 5.93. The summed E-state index contributed by atoms with van der Waals surface area (Å²) in [6.07, 6.45) is 8.41. The predicted molar refractivity (Wildman–Crippen MR) is 160 cm³/mol. The van der Waals surface area contributed by atoms with Crippen molar-refractivity contribution in [1.29, 1.82) is 0 Å². The molecule has 5 rings (SSSR count). The van der Waals surface area contributed by atoms with E-state index in [1.54, 1.807) is 12.1 Å². The van der Waals surface area contributed by atoms with Gasteiger partial charge in [0.05, 0.1) is 23.7 Å². The van der Waals surface area contributed by atoms with Crippen LogP contribution in [0.4, 0.5) is 0 Å². The van der Waals surface area contributed by atoms with Crippen molar-refractivity contribution in [3.05, 3.63) is 29.3 Å². The van der Waals surface area contributed by atoms with E-state index in [0.29, 0.717) is 47.0 Å². The standard InChI is InChI=1S/C33H49ClO6S/c1-5-24-28-18-22(35)11-14-33(28,4)27-12-15-32(3)25(9-10-26(32)30(27)31(24)37)20(2)13-16-40-29(36)19-41(38,39)23-8-6-7-21(34)17-23/h6-8,17,20,22,24-28,30-31,35,37H,5,9-16,18-19H2,1-4H3/t20-,22-,24-,25-,26+,27+,28+,30+,31-,32-,33-/m1/s1. The maximum atomic E-state index is 12.6. The zero-order valence-corrected chi connectivity index (χ0v) is 26.7. The molecule has 8 heteroatoms. The molecule has 41 heavy (non-hydrogen) atoms. The highest BCUT2D eigenvalue weighted by molar-refractivity contribution is 7.92. The van der Waals surface area contributed by atoms with Crippen LogP contribution < -0.4 is 0 Å². The zero-order chi connectivity index (χ0) is 29.7. The van der Waals surface area contributed by atoms with Gasteiger partial charge in [0, 0.05) is 5.02 Å². The third kappa shape index (κ3) is 5.62. The summed E-state index contributed by atoms with van der Waals surface area (Å²) in [7, 11) is -3.81. The third-order valence-corrected chi connectivity index (χ3v) is 14.3. The van der Waals surface area contributed by atoms with Crippen LogP contribution in [0.5, 0.6) is 0 Å². The lowest BCUT2D eigenvalue weighted by molar-refractivity contribution is -0.203. The van der Waals surface area contributed by atoms with Crippen LogP contribution in [-0.2, 0) is 19.4 Å². The van der Waals surface area contributed by atoms with Crippen LogP contribution in [0.2, 0.25) is 5.02 Å². The number of carbonyl (C=O) groups is 1. The lowest BCUT2D eigenvalue weighted by atomic mass is 9.41. The van der Waals surface area contributed by atoms with Gasteiger partial charge in [0.1, 0.15) is 0 Å². The van der Waals surface area contributed by atoms with Crippen LogP contribution in [0, 0.1) is 52.3 Å². The number of ether oxygens (including phenoxy) is 1. The van der Waals surface area contributed by atoms with Crippen molar-refractivity contribution in [2.45, 2.75) is 103 Å². The van der Waals surface area contributed by atoms with Gasteiger partial charge in [-0.25, -0.2) is 8.42 Å². The highest BCUT2D eigenvalue weighted by Gasteiger charge is 2.64. The van der Waals surface area contributed by atoms with Gasteiger partial charge >= 0.3 is 5.97 Å². The lowest BCUT2D eigenvalue weighted by Gasteiger charge is -2.64. The molecule has 4 aliphatic carbocycles. The van der Waals surface area contributed by atoms with E-state index in [1.807, 2.05) is 0 Å². The number of carbonyl (C=O) groups excluding carboxylic acids is 1. The van der Waals surface area contributed by atoms with E-state index in [-0.39, 0.29) is 40.5 Å². The average molecular weight is 609 g/mol. The zero-order valence-electron chi connectivity index (χ0n) is 25.1. The molecule has 1 aromatic carbocycles. The van der Waals surface area contributed by atoms with Gasteiger partial charge in [0.2, 0.25) is 0 Å². The van der Waals surface area contributed by atoms with Crippen molar-refractivity contribution in [1.82, 2.24) is 0 Å². The van der Waals surface area contributed by atoms with Gasteiger partial charge in [-0.2, -0.15) is 0 Å². The van der Waals surface area contributed by atoms with Crippen molar-refractivity contribution in [2.24, 2.45) is 52.3 Å². The molecule has 6 nitrogen and oxygen atoms in total. The van der Waals surface area contributed by atoms with E-state index in [2.05, 4.69) is 27.7 Å². The fourth-order valence-electron chi connectivity index (χ4n) is 10.4. The second kappa shape index (κ2) is 11.7. The van der Waals surface area contributed by atoms with Crippen molar-refractivity contribution in [3.8, 4) is 0 Å². The summed E-state index contributed by atoms with van der Waals surface area (Å²) in [6, 6.07) is 5.93. The SMILES string of the molecule is CC[C@H]1[C@@H](O)[C@@H]2[C@H](CC[C@]3(C)[C@@H]([C@H](C)CCOC(=O)CS(=O)(=O)c4cccc(Cl)c4)CC[C@@H]23)[C@@]2(C)CC[C@@H](O)C[C@@H]12. The molecule has 0 amide bonds. The van der Waals surface area contributed by atoms with Gasteiger partial charge < -0.3 is 14.9 Å². The maximum absolute atomic E-state index is 12.6. The van der Waals surface area contributed by atoms with E-state index in [0.717, 1.165) is 51.4 Å². The van der Waals surface area contributed by atoms with E-state index >= 15 is 0 Å². The normalized spacial score (nSPS) is 41.1. The Morgan fingerprint density at radius 2 is 1.78 bits per heavy atom. The molecule has 0 saturated heterocycles. The maximum Gasteiger partial charge on any atom is 0.321 e. The monoisotopic (exact) mass is 608 g/mol. The summed E-state index contributed by atoms with van der Waals surface area (Å²) in [5, 5.41) is 22.7. The molecule has 11 atom stereocenters. The van der Waals surface area contributed by atoms with Crippen LogP contribution in [0.25, 0.3) is 0 Å². The molecule has 4 saturated carbocycles. The van der Waals surface area contributed by atoms with E-state index in [4.69, 9.17) is 16.3 Å². The number of aliphatic hydroxyl groups excluding tert-OH is 2. The largest absolute Gasteiger partial charge is 0.465 e. The first-order chi connectivity index (χ1) is 19.3. The average Bonchev–Trinajstić information content (AvgIpc) is 3.27. The fraction of sp³-hybridized carbons (Fsp3) is 0.788. The second-order valence-corrected chi connectivity index (χ2v) is 16.8. The van der Waals surface area contributed by atoms with Crippen LogP contribution >= 0.6 is 11.6 Å². The molecule has 1 aromatic rings. The third-order valence-electron chi connectivity index (χ3n) is 12.4. The molecule has 2 N–H and O–H groups in total. The Bertz CT molecular complexity index is 1220. The summed E-state index contributed by atoms with van der Waals surface area (Å²) in [5.41, 5.74) is 0.325. The molecule has 0 bridgehead atoms. The van der Waals surface area contributed by atoms with Gasteiger partial charge in [-0.3, -0.25) is 4.79 Å². The molecule has 0 unspecified atom stereocenters. The van der Waals surface area contributed by atoms with Gasteiger partial charge in [-0.05, 0) is 122 Å². The Morgan fingerprint density at radius 1 is 1.07 bits per heavy atom. The first-order valence-corrected chi connectivity index (χ1v) is 17.8. The minimum atomic E-state index is -3.81. The summed E-state index contributed by atoms with van der Waals surface area (Å²) < 4.78 is 30.7. The van der Waals surface area contributed by atoms with E-state index < -0.39 is 21.6 Å². The molecule has 0 aromatic heterocycles. The summed E-state index contributed by atoms with van der Waals surface area (Å²) in [6.45, 7) is 9.56. The first-order valence-electron chi connectivity index (χ1n) is 15.8. The van der Waals surface area contributed by atoms with Crippen molar-refractivity contribution >= 4 is 27.4 Å². The molecule has 4 fully saturated rings. The quantitative estimate of drug-likeness (QED) is 0.335. The summed E-state index contributed by atoms with van der Waals surface area (Å²) in [5.74, 6) is 1.32. The van der Waals surface area contributed by atoms with Crippen LogP contribution in [0.15, 0.2) is 29.2 Å². The van der Waals surface area contributed by atoms with Crippen molar-refractivity contribution in [3.63, 3.8) is 0 Å². The number of esters is 1. The van der Waals surface area contributed by atoms with E-state index in [9.17, 15) is 23.4 Å². The molecule has 0 spiro atoms. The number of fused-ring (bicyclic) bond motifs is 5. The van der Waals surface area contributed by atoms with Gasteiger partial charge in [0.25, 0.3) is 0 Å². The van der Waals surface area contributed by atoms with Crippen molar-refractivity contribution < 1.29 is 28.2 Å². The number of benzene rings is 1. The highest BCUT2D eigenvalue weighted by atomic mass is 35.5. The Hall–Kier alpha value is -1.15. The summed E-state index contributed by atoms with van der Waals surface area (Å²) in [4.78, 5) is 12.5. The van der Waals surface area contributed by atoms with Crippen molar-refractivity contribution in [2.75, 3.05) is 12.4 Å². The Labute approximate surface area is 251 Å². The Morgan fingerprint density at radius 3 is 2.49 bits per heavy atom. The molecular formula is C33H49ClO6S. The number of hydrogen-bond acceptors (Lipinski definition) is 6. The fourth-order valence-corrected chi connectivity index (χ4v) is 11.8. The van der Waals surface area contributed by atoms with Gasteiger partial charge in [-0.1, -0.05) is 51.8 Å². The topological polar surface area (TPSA) is 101 Å². The van der Waals surface area contributed by atoms with Crippen LogP contribution in [0.3, 0.4) is 0 Å². The van der Waals surface area contributed by atoms with Gasteiger partial charge in [-0.15, -0.1) is 0 Å². The number of aliphatic hydroxyl groups is 2. The minimum Gasteiger partial charge on any atom is -0.465 e. The number of rotatable bonds is 8. The van der Waals surface area contributed by atoms with E-state index in [1.165, 1.54) is 12.1 Å². The van der Waals surface area contributed by atoms with Crippen LogP contribution in [-0.4, -0.2) is 49.2 Å². The number of halogens is 1. The molecule has 4 aliphatic rings. The molecule has 0 radical (unpaired) electrons. The molecule has 0 heterocycles. The molecule has 0 aliphatic heterocycles. The Kier molecular flexibility index (Phi) is 8.96. The predicted octanol–water partition coefficient (Wildman–Crippen LogP) is 6.31.